The molecule has 0 unspecified atom stereocenters. The van der Waals surface area contributed by atoms with Gasteiger partial charge in [-0.1, -0.05) is 12.1 Å². The lowest BCUT2D eigenvalue weighted by Gasteiger charge is -2.17. The van der Waals surface area contributed by atoms with E-state index < -0.39 is 35.1 Å². The molecule has 0 atom stereocenters. The number of hydrogen-bond donors (Lipinski definition) is 1. The molecule has 0 radical (unpaired) electrons. The van der Waals surface area contributed by atoms with E-state index in [-0.39, 0.29) is 24.5 Å². The highest BCUT2D eigenvalue weighted by atomic mass is 19.4. The third kappa shape index (κ3) is 2.39. The first-order valence-electron chi connectivity index (χ1n) is 6.76. The maximum absolute atomic E-state index is 13.8. The molecular weight excluding hydrogens is 332 g/mol. The molecule has 0 bridgehead atoms. The predicted molar refractivity (Wildman–Crippen MR) is 73.8 cm³/mol. The summed E-state index contributed by atoms with van der Waals surface area (Å²) in [6.07, 6.45) is -4.91. The van der Waals surface area contributed by atoms with Crippen LogP contribution in [0, 0.1) is 5.82 Å². The van der Waals surface area contributed by atoms with E-state index in [1.807, 2.05) is 0 Å². The molecule has 0 spiro atoms. The van der Waals surface area contributed by atoms with Gasteiger partial charge in [0.05, 0.1) is 12.1 Å². The van der Waals surface area contributed by atoms with Gasteiger partial charge in [-0.15, -0.1) is 0 Å². The zero-order valence-electron chi connectivity index (χ0n) is 12.0. The third-order valence-electron chi connectivity index (χ3n) is 3.58. The molecule has 0 saturated heterocycles. The number of amides is 2. The number of anilines is 1. The van der Waals surface area contributed by atoms with Crippen molar-refractivity contribution in [2.75, 3.05) is 11.4 Å². The fourth-order valence-corrected chi connectivity index (χ4v) is 2.59. The van der Waals surface area contributed by atoms with Gasteiger partial charge in [-0.2, -0.15) is 18.3 Å². The normalized spacial score (nSPS) is 13.9. The van der Waals surface area contributed by atoms with Gasteiger partial charge in [-0.25, -0.2) is 9.07 Å². The average molecular weight is 342 g/mol. The molecule has 2 heterocycles. The van der Waals surface area contributed by atoms with E-state index in [0.717, 1.165) is 15.6 Å². The van der Waals surface area contributed by atoms with E-state index in [0.29, 0.717) is 0 Å². The molecule has 1 aliphatic heterocycles. The first-order chi connectivity index (χ1) is 11.2. The smallest absolute Gasteiger partial charge is 0.365 e. The van der Waals surface area contributed by atoms with Crippen LogP contribution in [0.4, 0.5) is 23.4 Å². The number of rotatable bonds is 2. The maximum Gasteiger partial charge on any atom is 0.436 e. The summed E-state index contributed by atoms with van der Waals surface area (Å²) in [7, 11) is 0. The number of carbonyl (C=O) groups excluding carboxylic acids is 2. The molecular formula is C14H10F4N4O2. The molecule has 1 aliphatic rings. The molecule has 2 N–H and O–H groups in total. The topological polar surface area (TPSA) is 81.2 Å². The van der Waals surface area contributed by atoms with E-state index >= 15 is 0 Å². The lowest BCUT2D eigenvalue weighted by atomic mass is 10.1. The van der Waals surface area contributed by atoms with Crippen LogP contribution in [0.15, 0.2) is 24.3 Å². The highest BCUT2D eigenvalue weighted by Gasteiger charge is 2.44. The van der Waals surface area contributed by atoms with E-state index in [1.165, 1.54) is 18.2 Å². The van der Waals surface area contributed by atoms with Crippen LogP contribution in [0.1, 0.15) is 26.4 Å². The van der Waals surface area contributed by atoms with Crippen molar-refractivity contribution in [3.8, 4) is 0 Å². The Morgan fingerprint density at radius 1 is 1.17 bits per heavy atom. The number of hydrogen-bond acceptors (Lipinski definition) is 3. The van der Waals surface area contributed by atoms with Crippen molar-refractivity contribution in [3.05, 3.63) is 46.9 Å². The third-order valence-corrected chi connectivity index (χ3v) is 3.58. The Bertz CT molecular complexity index is 844. The van der Waals surface area contributed by atoms with Gasteiger partial charge in [-0.3, -0.25) is 14.5 Å². The van der Waals surface area contributed by atoms with Crippen molar-refractivity contribution in [1.29, 1.82) is 0 Å². The first-order valence-corrected chi connectivity index (χ1v) is 6.76. The number of fused-ring (bicyclic) bond motifs is 1. The van der Waals surface area contributed by atoms with Gasteiger partial charge in [0, 0.05) is 6.54 Å². The Morgan fingerprint density at radius 2 is 1.83 bits per heavy atom. The Labute approximate surface area is 132 Å². The van der Waals surface area contributed by atoms with Crippen molar-refractivity contribution in [1.82, 2.24) is 9.78 Å². The minimum Gasteiger partial charge on any atom is -0.365 e. The van der Waals surface area contributed by atoms with Crippen LogP contribution in [0.5, 0.6) is 0 Å². The summed E-state index contributed by atoms with van der Waals surface area (Å²) in [6, 6.07) is 5.04. The number of carbonyl (C=O) groups is 2. The molecule has 2 amide bonds. The second-order valence-corrected chi connectivity index (χ2v) is 5.07. The SMILES string of the molecule is NC(=O)c1c(C(F)(F)F)nn2c1N(C(=O)c1ccccc1F)CC2. The molecule has 6 nitrogen and oxygen atoms in total. The first kappa shape index (κ1) is 16.0. The van der Waals surface area contributed by atoms with Gasteiger partial charge in [0.2, 0.25) is 0 Å². The van der Waals surface area contributed by atoms with Crippen LogP contribution < -0.4 is 10.6 Å². The number of nitrogens with zero attached hydrogens (tertiary/aromatic N) is 3. The molecule has 24 heavy (non-hydrogen) atoms. The van der Waals surface area contributed by atoms with Gasteiger partial charge in [0.25, 0.3) is 11.8 Å². The monoisotopic (exact) mass is 342 g/mol. The van der Waals surface area contributed by atoms with Crippen LogP contribution in [0.3, 0.4) is 0 Å². The Balaban J connectivity index is 2.12. The highest BCUT2D eigenvalue weighted by Crippen LogP contribution is 2.38. The molecule has 1 aromatic heterocycles. The van der Waals surface area contributed by atoms with Crippen molar-refractivity contribution in [3.63, 3.8) is 0 Å². The largest absolute Gasteiger partial charge is 0.436 e. The van der Waals surface area contributed by atoms with Gasteiger partial charge < -0.3 is 5.73 Å². The number of primary amides is 1. The number of benzene rings is 1. The fourth-order valence-electron chi connectivity index (χ4n) is 2.59. The minimum absolute atomic E-state index is 0.0477. The molecule has 0 fully saturated rings. The van der Waals surface area contributed by atoms with Crippen molar-refractivity contribution in [2.24, 2.45) is 5.73 Å². The summed E-state index contributed by atoms with van der Waals surface area (Å²) >= 11 is 0. The molecule has 0 aliphatic carbocycles. The van der Waals surface area contributed by atoms with Crippen LogP contribution in [-0.4, -0.2) is 28.1 Å². The zero-order chi connectivity index (χ0) is 17.6. The standard InChI is InChI=1S/C14H10F4N4O2/c15-8-4-2-1-3-7(8)13(24)21-5-6-22-12(21)9(11(19)23)10(20-22)14(16,17)18/h1-4H,5-6H2,(H2,19,23). The lowest BCUT2D eigenvalue weighted by molar-refractivity contribution is -0.141. The zero-order valence-corrected chi connectivity index (χ0v) is 12.0. The van der Waals surface area contributed by atoms with Gasteiger partial charge in [0.15, 0.2) is 5.69 Å². The van der Waals surface area contributed by atoms with Crippen molar-refractivity contribution >= 4 is 17.6 Å². The van der Waals surface area contributed by atoms with Crippen molar-refractivity contribution in [2.45, 2.75) is 12.7 Å². The molecule has 10 heteroatoms. The minimum atomic E-state index is -4.91. The second-order valence-electron chi connectivity index (χ2n) is 5.07. The summed E-state index contributed by atoms with van der Waals surface area (Å²) in [5.41, 5.74) is 2.37. The number of aromatic nitrogens is 2. The van der Waals surface area contributed by atoms with Gasteiger partial charge in [0.1, 0.15) is 17.2 Å². The Hall–Kier alpha value is -2.91. The van der Waals surface area contributed by atoms with Crippen LogP contribution >= 0.6 is 0 Å². The predicted octanol–water partition coefficient (Wildman–Crippen LogP) is 1.80. The quantitative estimate of drug-likeness (QED) is 0.845. The van der Waals surface area contributed by atoms with E-state index in [1.54, 1.807) is 0 Å². The Morgan fingerprint density at radius 3 is 2.42 bits per heavy atom. The summed E-state index contributed by atoms with van der Waals surface area (Å²) in [5.74, 6) is -3.43. The van der Waals surface area contributed by atoms with Gasteiger partial charge >= 0.3 is 6.18 Å². The molecule has 2 aromatic rings. The summed E-state index contributed by atoms with van der Waals surface area (Å²) in [5, 5.41) is 3.34. The highest BCUT2D eigenvalue weighted by molar-refractivity contribution is 6.10. The summed E-state index contributed by atoms with van der Waals surface area (Å²) < 4.78 is 53.8. The second kappa shape index (κ2) is 5.32. The number of nitrogens with two attached hydrogens (primary N) is 1. The molecule has 1 aromatic carbocycles. The number of alkyl halides is 3. The maximum atomic E-state index is 13.8. The molecule has 126 valence electrons. The average Bonchev–Trinajstić information content (AvgIpc) is 3.04. The summed E-state index contributed by atoms with van der Waals surface area (Å²) in [4.78, 5) is 24.9. The fraction of sp³-hybridized carbons (Fsp3) is 0.214. The lowest BCUT2D eigenvalue weighted by Crippen LogP contribution is -2.32. The summed E-state index contributed by atoms with van der Waals surface area (Å²) in [6.45, 7) is -0.111. The van der Waals surface area contributed by atoms with E-state index in [4.69, 9.17) is 5.73 Å². The Kier molecular flexibility index (Phi) is 3.54. The van der Waals surface area contributed by atoms with E-state index in [9.17, 15) is 27.2 Å². The van der Waals surface area contributed by atoms with E-state index in [2.05, 4.69) is 5.10 Å². The number of halogens is 4. The van der Waals surface area contributed by atoms with Crippen molar-refractivity contribution < 1.29 is 27.2 Å². The molecule has 3 rings (SSSR count). The van der Waals surface area contributed by atoms with Crippen LogP contribution in [0.25, 0.3) is 0 Å². The molecule has 0 saturated carbocycles. The van der Waals surface area contributed by atoms with Crippen LogP contribution in [0.2, 0.25) is 0 Å². The van der Waals surface area contributed by atoms with Gasteiger partial charge in [-0.05, 0) is 12.1 Å². The van der Waals surface area contributed by atoms with Crippen LogP contribution in [-0.2, 0) is 12.7 Å².